The number of phenolic OH excluding ortho intramolecular Hbond substituents is 1. The fourth-order valence-corrected chi connectivity index (χ4v) is 8.72. The average Bonchev–Trinajstić information content (AvgIpc) is 3.41. The lowest BCUT2D eigenvalue weighted by Gasteiger charge is -2.16. The van der Waals surface area contributed by atoms with Gasteiger partial charge >= 0.3 is 23.9 Å². The number of hydrogen-bond acceptors (Lipinski definition) is 9. The lowest BCUT2D eigenvalue weighted by molar-refractivity contribution is 0.0450. The molecule has 73 heavy (non-hydrogen) atoms. The third-order valence-corrected chi connectivity index (χ3v) is 13.2. The molecule has 0 bridgehead atoms. The summed E-state index contributed by atoms with van der Waals surface area (Å²) in [6.45, 7) is 9.53. The average molecular weight is 1010 g/mol. The minimum Gasteiger partial charge on any atom is -0.506 e. The zero-order valence-electron chi connectivity index (χ0n) is 45.5. The van der Waals surface area contributed by atoms with E-state index < -0.39 is 29.6 Å². The van der Waals surface area contributed by atoms with Crippen molar-refractivity contribution < 1.29 is 43.2 Å². The van der Waals surface area contributed by atoms with Crippen molar-refractivity contribution in [2.24, 2.45) is 0 Å². The van der Waals surface area contributed by atoms with Gasteiger partial charge in [0.25, 0.3) is 0 Å². The minimum absolute atomic E-state index is 0.00470. The van der Waals surface area contributed by atoms with E-state index in [1.807, 2.05) is 12.1 Å². The van der Waals surface area contributed by atoms with Gasteiger partial charge in [-0.15, -0.1) is 0 Å². The quantitative estimate of drug-likeness (QED) is 0.0265. The Morgan fingerprint density at radius 3 is 1.03 bits per heavy atom. The number of hydrogen-bond donors (Lipinski definition) is 1. The molecule has 0 unspecified atom stereocenters. The molecule has 9 heteroatoms. The molecular formula is C64H92O9. The summed E-state index contributed by atoms with van der Waals surface area (Å²) >= 11 is 0. The number of ether oxygens (including phenoxy) is 4. The Morgan fingerprint density at radius 1 is 0.329 bits per heavy atom. The molecule has 0 fully saturated rings. The molecule has 0 saturated carbocycles. The maximum atomic E-state index is 13.8. The highest BCUT2D eigenvalue weighted by Gasteiger charge is 2.28. The van der Waals surface area contributed by atoms with Crippen molar-refractivity contribution >= 4 is 23.9 Å². The molecule has 0 atom stereocenters. The lowest BCUT2D eigenvalue weighted by Crippen LogP contribution is -2.16. The van der Waals surface area contributed by atoms with Crippen molar-refractivity contribution in [3.8, 4) is 28.0 Å². The van der Waals surface area contributed by atoms with Gasteiger partial charge in [0.15, 0.2) is 0 Å². The monoisotopic (exact) mass is 1000 g/mol. The van der Waals surface area contributed by atoms with Crippen LogP contribution in [0.1, 0.15) is 249 Å². The normalized spacial score (nSPS) is 10.8. The summed E-state index contributed by atoms with van der Waals surface area (Å²) in [5.74, 6) is -3.37. The molecule has 0 aliphatic carbocycles. The Labute approximate surface area is 440 Å². The summed E-state index contributed by atoms with van der Waals surface area (Å²) < 4.78 is 22.6. The van der Waals surface area contributed by atoms with E-state index in [0.717, 1.165) is 83.5 Å². The molecule has 4 aromatic rings. The molecule has 4 aromatic carbocycles. The topological polar surface area (TPSA) is 125 Å². The number of carbonyl (C=O) groups is 4. The standard InChI is InChI=1S/C52H82O9.C12H10/c1-5-9-13-17-21-25-29-37-58-49(54)44-34-33-42(41-46(44)51(56)60-39-31-27-23-19-15-11-7-3)43-35-36-45(50(55)59-38-30-26-22-18-14-10-6-2)48(53)47(43)52(57)61-40-32-28-24-20-16-12-8-4;1-3-7-11(8-4-1)12-9-5-2-6-10-12/h33-36,41,53H,5-32,37-40H2,1-4H3;1-10H. The van der Waals surface area contributed by atoms with Crippen LogP contribution in [-0.2, 0) is 18.9 Å². The van der Waals surface area contributed by atoms with Crippen LogP contribution in [0.4, 0.5) is 0 Å². The van der Waals surface area contributed by atoms with E-state index >= 15 is 0 Å². The molecule has 0 aromatic heterocycles. The number of carbonyl (C=O) groups excluding carboxylic acids is 4. The first kappa shape index (κ1) is 61.9. The number of unbranched alkanes of at least 4 members (excludes halogenated alkanes) is 24. The van der Waals surface area contributed by atoms with Gasteiger partial charge in [0.05, 0.1) is 37.6 Å². The van der Waals surface area contributed by atoms with Gasteiger partial charge < -0.3 is 24.1 Å². The Bertz CT molecular complexity index is 2060. The van der Waals surface area contributed by atoms with Crippen molar-refractivity contribution in [1.29, 1.82) is 0 Å². The second-order valence-electron chi connectivity index (χ2n) is 19.4. The molecule has 1 N–H and O–H groups in total. The first-order valence-electron chi connectivity index (χ1n) is 28.6. The van der Waals surface area contributed by atoms with Gasteiger partial charge in [-0.05, 0) is 60.6 Å². The van der Waals surface area contributed by atoms with Crippen molar-refractivity contribution in [3.63, 3.8) is 0 Å². The van der Waals surface area contributed by atoms with Gasteiger partial charge in [-0.2, -0.15) is 0 Å². The van der Waals surface area contributed by atoms with Crippen LogP contribution in [0.2, 0.25) is 0 Å². The summed E-state index contributed by atoms with van der Waals surface area (Å²) in [4.78, 5) is 54.3. The largest absolute Gasteiger partial charge is 0.506 e. The molecule has 0 aliphatic heterocycles. The lowest BCUT2D eigenvalue weighted by atomic mass is 9.93. The summed E-state index contributed by atoms with van der Waals surface area (Å²) in [6.07, 6.45) is 29.7. The van der Waals surface area contributed by atoms with E-state index in [9.17, 15) is 24.3 Å². The van der Waals surface area contributed by atoms with Crippen LogP contribution in [0, 0.1) is 0 Å². The summed E-state index contributed by atoms with van der Waals surface area (Å²) in [6, 6.07) is 28.4. The second-order valence-corrected chi connectivity index (χ2v) is 19.4. The second kappa shape index (κ2) is 40.0. The predicted octanol–water partition coefficient (Wildman–Crippen LogP) is 18.0. The smallest absolute Gasteiger partial charge is 0.342 e. The zero-order chi connectivity index (χ0) is 52.6. The molecule has 0 spiro atoms. The highest BCUT2D eigenvalue weighted by molar-refractivity contribution is 6.07. The summed E-state index contributed by atoms with van der Waals surface area (Å²) in [5.41, 5.74) is 2.89. The van der Waals surface area contributed by atoms with Crippen molar-refractivity contribution in [3.05, 3.63) is 113 Å². The van der Waals surface area contributed by atoms with Crippen LogP contribution in [-0.4, -0.2) is 55.4 Å². The van der Waals surface area contributed by atoms with Crippen LogP contribution in [0.5, 0.6) is 5.75 Å². The predicted molar refractivity (Wildman–Crippen MR) is 299 cm³/mol. The number of phenols is 1. The van der Waals surface area contributed by atoms with E-state index in [1.165, 1.54) is 106 Å². The molecule has 9 nitrogen and oxygen atoms in total. The van der Waals surface area contributed by atoms with Crippen molar-refractivity contribution in [2.45, 2.75) is 207 Å². The summed E-state index contributed by atoms with van der Waals surface area (Å²) in [5, 5.41) is 11.6. The number of benzene rings is 4. The Morgan fingerprint density at radius 2 is 0.644 bits per heavy atom. The minimum atomic E-state index is -0.790. The van der Waals surface area contributed by atoms with E-state index in [2.05, 4.69) is 76.2 Å². The molecule has 0 saturated heterocycles. The highest BCUT2D eigenvalue weighted by Crippen LogP contribution is 2.36. The van der Waals surface area contributed by atoms with Gasteiger partial charge in [-0.25, -0.2) is 19.2 Å². The first-order valence-corrected chi connectivity index (χ1v) is 28.6. The van der Waals surface area contributed by atoms with E-state index in [-0.39, 0.29) is 54.2 Å². The van der Waals surface area contributed by atoms with Gasteiger partial charge in [0.2, 0.25) is 0 Å². The van der Waals surface area contributed by atoms with Crippen LogP contribution in [0.15, 0.2) is 91.0 Å². The molecule has 0 aliphatic rings. The molecule has 0 radical (unpaired) electrons. The van der Waals surface area contributed by atoms with Gasteiger partial charge in [0, 0.05) is 5.56 Å². The molecule has 402 valence electrons. The fourth-order valence-electron chi connectivity index (χ4n) is 8.72. The van der Waals surface area contributed by atoms with E-state index in [0.29, 0.717) is 24.8 Å². The zero-order valence-corrected chi connectivity index (χ0v) is 45.5. The van der Waals surface area contributed by atoms with Gasteiger partial charge in [0.1, 0.15) is 16.9 Å². The molecular weight excluding hydrogens is 913 g/mol. The van der Waals surface area contributed by atoms with Crippen molar-refractivity contribution in [2.75, 3.05) is 26.4 Å². The van der Waals surface area contributed by atoms with E-state index in [1.54, 1.807) is 12.1 Å². The summed E-state index contributed by atoms with van der Waals surface area (Å²) in [7, 11) is 0. The molecule has 0 amide bonds. The van der Waals surface area contributed by atoms with E-state index in [4.69, 9.17) is 18.9 Å². The van der Waals surface area contributed by atoms with Crippen LogP contribution < -0.4 is 0 Å². The molecule has 4 rings (SSSR count). The SMILES string of the molecule is CCCCCCCCCOC(=O)c1ccc(-c2ccc(C(=O)OCCCCCCCCC)c(O)c2C(=O)OCCCCCCCCC)cc1C(=O)OCCCCCCCCC.c1ccc(-c2ccccc2)cc1. The van der Waals surface area contributed by atoms with Crippen LogP contribution in [0.3, 0.4) is 0 Å². The number of rotatable bonds is 38. The highest BCUT2D eigenvalue weighted by atomic mass is 16.5. The number of esters is 4. The Kier molecular flexibility index (Phi) is 33.9. The van der Waals surface area contributed by atoms with Crippen molar-refractivity contribution in [1.82, 2.24) is 0 Å². The molecule has 0 heterocycles. The van der Waals surface area contributed by atoms with Crippen LogP contribution in [0.25, 0.3) is 22.3 Å². The Balaban J connectivity index is 0.00000101. The fraction of sp³-hybridized carbons (Fsp3) is 0.562. The third-order valence-electron chi connectivity index (χ3n) is 13.2. The maximum absolute atomic E-state index is 13.8. The van der Waals surface area contributed by atoms with Crippen LogP contribution >= 0.6 is 0 Å². The van der Waals surface area contributed by atoms with Gasteiger partial charge in [-0.1, -0.05) is 255 Å². The number of aromatic hydroxyl groups is 1. The Hall–Kier alpha value is -5.44. The maximum Gasteiger partial charge on any atom is 0.342 e. The third kappa shape index (κ3) is 25.4. The first-order chi connectivity index (χ1) is 35.8. The van der Waals surface area contributed by atoms with Gasteiger partial charge in [-0.3, -0.25) is 0 Å².